The molecule has 0 unspecified atom stereocenters. The maximum absolute atomic E-state index is 13.4. The number of amides is 3. The van der Waals surface area contributed by atoms with Gasteiger partial charge in [-0.25, -0.2) is 9.18 Å². The smallest absolute Gasteiger partial charge is 0.317 e. The van der Waals surface area contributed by atoms with E-state index in [2.05, 4.69) is 19.2 Å². The summed E-state index contributed by atoms with van der Waals surface area (Å²) in [7, 11) is 0. The minimum atomic E-state index is -0.321. The van der Waals surface area contributed by atoms with E-state index in [0.29, 0.717) is 31.3 Å². The molecule has 8 heteroatoms. The number of hydrogen-bond acceptors (Lipinski definition) is 4. The summed E-state index contributed by atoms with van der Waals surface area (Å²) >= 11 is 1.69. The van der Waals surface area contributed by atoms with Gasteiger partial charge in [0.1, 0.15) is 24.7 Å². The lowest BCUT2D eigenvalue weighted by Gasteiger charge is -2.37. The fourth-order valence-corrected chi connectivity index (χ4v) is 4.69. The van der Waals surface area contributed by atoms with Gasteiger partial charge in [-0.15, -0.1) is 11.3 Å². The Balaban J connectivity index is 1.74. The second-order valence-electron chi connectivity index (χ2n) is 8.36. The highest BCUT2D eigenvalue weighted by Crippen LogP contribution is 2.34. The quantitative estimate of drug-likeness (QED) is 0.599. The summed E-state index contributed by atoms with van der Waals surface area (Å²) in [6, 6.07) is 7.46. The van der Waals surface area contributed by atoms with E-state index in [0.717, 1.165) is 18.4 Å². The van der Waals surface area contributed by atoms with E-state index in [1.807, 2.05) is 23.3 Å². The summed E-state index contributed by atoms with van der Waals surface area (Å²) in [5, 5.41) is 4.85. The largest absolute Gasteiger partial charge is 0.491 e. The Morgan fingerprint density at radius 1 is 1.28 bits per heavy atom. The van der Waals surface area contributed by atoms with Crippen LogP contribution in [0.5, 0.6) is 5.75 Å². The third kappa shape index (κ3) is 6.22. The Kier molecular flexibility index (Phi) is 8.50. The number of urea groups is 1. The molecular weight excluding hydrogens is 429 g/mol. The van der Waals surface area contributed by atoms with Gasteiger partial charge in [-0.2, -0.15) is 0 Å². The lowest BCUT2D eigenvalue weighted by molar-refractivity contribution is -0.135. The maximum atomic E-state index is 13.4. The summed E-state index contributed by atoms with van der Waals surface area (Å²) in [4.78, 5) is 30.6. The number of thiophene rings is 1. The van der Waals surface area contributed by atoms with Crippen LogP contribution in [0.2, 0.25) is 0 Å². The van der Waals surface area contributed by atoms with Crippen molar-refractivity contribution >= 4 is 23.3 Å². The molecule has 2 aromatic rings. The molecule has 0 fully saturated rings. The summed E-state index contributed by atoms with van der Waals surface area (Å²) < 4.78 is 19.1. The fourth-order valence-electron chi connectivity index (χ4n) is 3.76. The van der Waals surface area contributed by atoms with Gasteiger partial charge in [-0.05, 0) is 67.0 Å². The first-order chi connectivity index (χ1) is 15.4. The minimum absolute atomic E-state index is 0.0328. The van der Waals surface area contributed by atoms with Crippen LogP contribution in [0.25, 0.3) is 0 Å². The lowest BCUT2D eigenvalue weighted by Crippen LogP contribution is -2.50. The van der Waals surface area contributed by atoms with E-state index in [-0.39, 0.29) is 36.9 Å². The van der Waals surface area contributed by atoms with Crippen molar-refractivity contribution in [3.05, 3.63) is 52.0 Å². The molecule has 1 aliphatic heterocycles. The Hall–Kier alpha value is -2.61. The average Bonchev–Trinajstić information content (AvgIpc) is 3.25. The highest BCUT2D eigenvalue weighted by Gasteiger charge is 2.33. The molecule has 0 saturated carbocycles. The Bertz CT molecular complexity index is 900. The molecule has 3 rings (SSSR count). The van der Waals surface area contributed by atoms with Gasteiger partial charge < -0.3 is 19.9 Å². The lowest BCUT2D eigenvalue weighted by atomic mass is 10.0. The number of nitrogens with zero attached hydrogens (tertiary/aromatic N) is 2. The standard InChI is InChI=1S/C24H32FN3O3S/c1-4-26-24(30)27(12-9-17(2)3)15-23(29)28-13-10-22-20(11-14-32-22)21(28)16-31-19-7-5-18(25)6-8-19/h5-8,11,14,17,21H,4,9-10,12-13,15-16H2,1-3H3,(H,26,30)/t21-/m1/s1. The summed E-state index contributed by atoms with van der Waals surface area (Å²) in [6.07, 6.45) is 1.62. The highest BCUT2D eigenvalue weighted by atomic mass is 32.1. The zero-order valence-electron chi connectivity index (χ0n) is 19.0. The Morgan fingerprint density at radius 2 is 2.03 bits per heavy atom. The van der Waals surface area contributed by atoms with Crippen LogP contribution in [0, 0.1) is 11.7 Å². The number of hydrogen-bond donors (Lipinski definition) is 1. The van der Waals surface area contributed by atoms with Crippen molar-refractivity contribution in [3.63, 3.8) is 0 Å². The van der Waals surface area contributed by atoms with Crippen LogP contribution in [-0.2, 0) is 11.2 Å². The van der Waals surface area contributed by atoms with Crippen LogP contribution in [0.15, 0.2) is 35.7 Å². The topological polar surface area (TPSA) is 61.9 Å². The third-order valence-corrected chi connectivity index (χ3v) is 6.55. The molecule has 1 aromatic heterocycles. The molecule has 0 spiro atoms. The SMILES string of the molecule is CCNC(=O)N(CCC(C)C)CC(=O)N1CCc2sccc2[C@H]1COc1ccc(F)cc1. The van der Waals surface area contributed by atoms with Gasteiger partial charge in [0.05, 0.1) is 6.04 Å². The van der Waals surface area contributed by atoms with E-state index < -0.39 is 0 Å². The first-order valence-corrected chi connectivity index (χ1v) is 12.0. The van der Waals surface area contributed by atoms with Crippen LogP contribution < -0.4 is 10.1 Å². The second-order valence-corrected chi connectivity index (χ2v) is 9.36. The molecular formula is C24H32FN3O3S. The van der Waals surface area contributed by atoms with Gasteiger partial charge in [0.15, 0.2) is 0 Å². The van der Waals surface area contributed by atoms with Crippen molar-refractivity contribution < 1.29 is 18.7 Å². The number of rotatable bonds is 9. The van der Waals surface area contributed by atoms with Gasteiger partial charge in [0, 0.05) is 24.5 Å². The van der Waals surface area contributed by atoms with Crippen LogP contribution >= 0.6 is 11.3 Å². The maximum Gasteiger partial charge on any atom is 0.317 e. The average molecular weight is 462 g/mol. The molecule has 0 radical (unpaired) electrons. The number of nitrogens with one attached hydrogen (secondary N) is 1. The predicted molar refractivity (Wildman–Crippen MR) is 124 cm³/mol. The van der Waals surface area contributed by atoms with Gasteiger partial charge in [-0.1, -0.05) is 13.8 Å². The molecule has 6 nitrogen and oxygen atoms in total. The minimum Gasteiger partial charge on any atom is -0.491 e. The highest BCUT2D eigenvalue weighted by molar-refractivity contribution is 7.10. The predicted octanol–water partition coefficient (Wildman–Crippen LogP) is 4.47. The first-order valence-electron chi connectivity index (χ1n) is 11.2. The van der Waals surface area contributed by atoms with E-state index in [1.165, 1.54) is 17.0 Å². The zero-order valence-corrected chi connectivity index (χ0v) is 19.8. The van der Waals surface area contributed by atoms with Crippen molar-refractivity contribution in [2.75, 3.05) is 32.8 Å². The number of ether oxygens (including phenoxy) is 1. The van der Waals surface area contributed by atoms with Crippen LogP contribution in [0.3, 0.4) is 0 Å². The summed E-state index contributed by atoms with van der Waals surface area (Å²) in [5.74, 6) is 0.577. The van der Waals surface area contributed by atoms with Gasteiger partial charge in [0.2, 0.25) is 5.91 Å². The van der Waals surface area contributed by atoms with E-state index in [1.54, 1.807) is 28.4 Å². The molecule has 1 atom stereocenters. The summed E-state index contributed by atoms with van der Waals surface area (Å²) in [5.41, 5.74) is 1.09. The summed E-state index contributed by atoms with van der Waals surface area (Å²) in [6.45, 7) is 8.00. The number of carbonyl (C=O) groups excluding carboxylic acids is 2. The molecule has 1 aromatic carbocycles. The second kappa shape index (κ2) is 11.3. The van der Waals surface area contributed by atoms with Crippen molar-refractivity contribution in [1.29, 1.82) is 0 Å². The van der Waals surface area contributed by atoms with Gasteiger partial charge in [0.25, 0.3) is 0 Å². The van der Waals surface area contributed by atoms with Crippen LogP contribution in [0.4, 0.5) is 9.18 Å². The van der Waals surface area contributed by atoms with Crippen LogP contribution in [0.1, 0.15) is 43.7 Å². The monoisotopic (exact) mass is 461 g/mol. The molecule has 0 aliphatic carbocycles. The zero-order chi connectivity index (χ0) is 23.1. The first kappa shape index (κ1) is 24.0. The Morgan fingerprint density at radius 3 is 2.72 bits per heavy atom. The van der Waals surface area contributed by atoms with Crippen molar-refractivity contribution in [1.82, 2.24) is 15.1 Å². The van der Waals surface area contributed by atoms with E-state index >= 15 is 0 Å². The molecule has 0 bridgehead atoms. The normalized spacial score (nSPS) is 15.4. The number of benzene rings is 1. The number of halogens is 1. The van der Waals surface area contributed by atoms with E-state index in [9.17, 15) is 14.0 Å². The number of carbonyl (C=O) groups is 2. The van der Waals surface area contributed by atoms with Gasteiger partial charge >= 0.3 is 6.03 Å². The molecule has 3 amide bonds. The number of fused-ring (bicyclic) bond motifs is 1. The fraction of sp³-hybridized carbons (Fsp3) is 0.500. The third-order valence-electron chi connectivity index (χ3n) is 5.55. The van der Waals surface area contributed by atoms with Crippen LogP contribution in [-0.4, -0.2) is 54.5 Å². The molecule has 0 saturated heterocycles. The molecule has 1 N–H and O–H groups in total. The molecule has 174 valence electrons. The van der Waals surface area contributed by atoms with Crippen molar-refractivity contribution in [3.8, 4) is 5.75 Å². The van der Waals surface area contributed by atoms with E-state index in [4.69, 9.17) is 4.74 Å². The van der Waals surface area contributed by atoms with Crippen molar-refractivity contribution in [2.24, 2.45) is 5.92 Å². The molecule has 2 heterocycles. The van der Waals surface area contributed by atoms with Gasteiger partial charge in [-0.3, -0.25) is 4.79 Å². The Labute approximate surface area is 193 Å². The molecule has 1 aliphatic rings. The molecule has 32 heavy (non-hydrogen) atoms. The van der Waals surface area contributed by atoms with Crippen molar-refractivity contribution in [2.45, 2.75) is 39.7 Å².